The summed E-state index contributed by atoms with van der Waals surface area (Å²) in [7, 11) is -3.17. The number of nitrogens with zero attached hydrogens (tertiary/aromatic N) is 1. The van der Waals surface area contributed by atoms with E-state index in [2.05, 4.69) is 17.2 Å². The fourth-order valence-electron chi connectivity index (χ4n) is 1.76. The van der Waals surface area contributed by atoms with Gasteiger partial charge in [-0.3, -0.25) is 0 Å². The van der Waals surface area contributed by atoms with Gasteiger partial charge in [0, 0.05) is 11.8 Å². The van der Waals surface area contributed by atoms with Crippen LogP contribution in [0.25, 0.3) is 11.3 Å². The first-order chi connectivity index (χ1) is 9.50. The summed E-state index contributed by atoms with van der Waals surface area (Å²) in [6, 6.07) is 6.59. The molecule has 0 bridgehead atoms. The summed E-state index contributed by atoms with van der Waals surface area (Å²) in [5.41, 5.74) is 0.812. The molecule has 0 spiro atoms. The molecule has 2 rings (SSSR count). The lowest BCUT2D eigenvalue weighted by Crippen LogP contribution is -2.13. The van der Waals surface area contributed by atoms with Gasteiger partial charge in [0.1, 0.15) is 0 Å². The quantitative estimate of drug-likeness (QED) is 0.827. The zero-order valence-corrected chi connectivity index (χ0v) is 12.4. The number of hydrogen-bond donors (Lipinski definition) is 1. The average molecular weight is 294 g/mol. The van der Waals surface area contributed by atoms with Gasteiger partial charge in [-0.1, -0.05) is 6.92 Å². The van der Waals surface area contributed by atoms with Gasteiger partial charge in [0.15, 0.2) is 15.6 Å². The van der Waals surface area contributed by atoms with Gasteiger partial charge in [-0.2, -0.15) is 0 Å². The lowest BCUT2D eigenvalue weighted by atomic mass is 10.2. The maximum absolute atomic E-state index is 11.4. The number of hydrogen-bond acceptors (Lipinski definition) is 5. The molecular formula is C14H18N2O3S. The fourth-order valence-corrected chi connectivity index (χ4v) is 2.39. The summed E-state index contributed by atoms with van der Waals surface area (Å²) in [6.07, 6.45) is 3.90. The van der Waals surface area contributed by atoms with Gasteiger partial charge >= 0.3 is 0 Å². The second kappa shape index (κ2) is 6.19. The van der Waals surface area contributed by atoms with Crippen molar-refractivity contribution in [2.75, 3.05) is 12.8 Å². The Morgan fingerprint density at radius 1 is 1.25 bits per heavy atom. The van der Waals surface area contributed by atoms with Crippen molar-refractivity contribution in [3.05, 3.63) is 36.4 Å². The second-order valence-electron chi connectivity index (χ2n) is 4.59. The lowest BCUT2D eigenvalue weighted by molar-refractivity contribution is 0.478. The molecule has 1 N–H and O–H groups in total. The Balaban J connectivity index is 2.12. The molecule has 0 aliphatic carbocycles. The van der Waals surface area contributed by atoms with Crippen molar-refractivity contribution >= 4 is 9.84 Å². The predicted molar refractivity (Wildman–Crippen MR) is 77.0 cm³/mol. The SMILES string of the molecule is CCCNCc1ncc(-c2ccc(S(C)(=O)=O)cc2)o1. The van der Waals surface area contributed by atoms with Crippen molar-refractivity contribution in [1.29, 1.82) is 0 Å². The highest BCUT2D eigenvalue weighted by Gasteiger charge is 2.09. The van der Waals surface area contributed by atoms with Crippen LogP contribution < -0.4 is 5.32 Å². The van der Waals surface area contributed by atoms with Crippen LogP contribution in [-0.2, 0) is 16.4 Å². The molecule has 0 aliphatic heterocycles. The van der Waals surface area contributed by atoms with Crippen LogP contribution in [0.3, 0.4) is 0 Å². The van der Waals surface area contributed by atoms with Gasteiger partial charge in [0.05, 0.1) is 17.6 Å². The highest BCUT2D eigenvalue weighted by Crippen LogP contribution is 2.22. The summed E-state index contributed by atoms with van der Waals surface area (Å²) in [5.74, 6) is 1.26. The Kier molecular flexibility index (Phi) is 4.57. The second-order valence-corrected chi connectivity index (χ2v) is 6.61. The number of rotatable bonds is 6. The molecule has 0 saturated carbocycles. The molecule has 0 saturated heterocycles. The molecule has 20 heavy (non-hydrogen) atoms. The molecule has 1 heterocycles. The van der Waals surface area contributed by atoms with Crippen molar-refractivity contribution < 1.29 is 12.8 Å². The molecule has 2 aromatic rings. The molecular weight excluding hydrogens is 276 g/mol. The molecule has 5 nitrogen and oxygen atoms in total. The van der Waals surface area contributed by atoms with Crippen molar-refractivity contribution in [1.82, 2.24) is 10.3 Å². The van der Waals surface area contributed by atoms with Gasteiger partial charge in [0.2, 0.25) is 5.89 Å². The van der Waals surface area contributed by atoms with Crippen LogP contribution >= 0.6 is 0 Å². The molecule has 1 aromatic heterocycles. The molecule has 0 fully saturated rings. The van der Waals surface area contributed by atoms with E-state index >= 15 is 0 Å². The topological polar surface area (TPSA) is 72.2 Å². The van der Waals surface area contributed by atoms with Gasteiger partial charge in [-0.05, 0) is 37.2 Å². The molecule has 1 aromatic carbocycles. The maximum Gasteiger partial charge on any atom is 0.208 e. The molecule has 6 heteroatoms. The average Bonchev–Trinajstić information content (AvgIpc) is 2.87. The van der Waals surface area contributed by atoms with E-state index in [1.54, 1.807) is 30.5 Å². The summed E-state index contributed by atoms with van der Waals surface area (Å²) >= 11 is 0. The third kappa shape index (κ3) is 3.68. The lowest BCUT2D eigenvalue weighted by Gasteiger charge is -2.00. The van der Waals surface area contributed by atoms with Crippen LogP contribution in [0, 0.1) is 0 Å². The van der Waals surface area contributed by atoms with Crippen molar-refractivity contribution in [3.8, 4) is 11.3 Å². The number of aromatic nitrogens is 1. The van der Waals surface area contributed by atoms with E-state index in [0.29, 0.717) is 23.1 Å². The zero-order valence-electron chi connectivity index (χ0n) is 11.6. The molecule has 108 valence electrons. The van der Waals surface area contributed by atoms with Gasteiger partial charge < -0.3 is 9.73 Å². The minimum absolute atomic E-state index is 0.297. The Labute approximate surface area is 119 Å². The van der Waals surface area contributed by atoms with Crippen LogP contribution in [0.5, 0.6) is 0 Å². The normalized spacial score (nSPS) is 11.7. The van der Waals surface area contributed by atoms with E-state index in [0.717, 1.165) is 18.5 Å². The largest absolute Gasteiger partial charge is 0.439 e. The summed E-state index contributed by atoms with van der Waals surface area (Å²) in [4.78, 5) is 4.49. The minimum Gasteiger partial charge on any atom is -0.439 e. The Morgan fingerprint density at radius 3 is 2.55 bits per heavy atom. The monoisotopic (exact) mass is 294 g/mol. The van der Waals surface area contributed by atoms with Crippen molar-refractivity contribution in [2.24, 2.45) is 0 Å². The summed E-state index contributed by atoms with van der Waals surface area (Å²) in [6.45, 7) is 3.60. The van der Waals surface area contributed by atoms with Crippen molar-refractivity contribution in [3.63, 3.8) is 0 Å². The number of sulfone groups is 1. The van der Waals surface area contributed by atoms with Crippen LogP contribution in [0.2, 0.25) is 0 Å². The van der Waals surface area contributed by atoms with E-state index < -0.39 is 9.84 Å². The minimum atomic E-state index is -3.17. The number of oxazole rings is 1. The standard InChI is InChI=1S/C14H18N2O3S/c1-3-8-15-10-14-16-9-13(19-14)11-4-6-12(7-5-11)20(2,17)18/h4-7,9,15H,3,8,10H2,1-2H3. The van der Waals surface area contributed by atoms with Crippen LogP contribution in [0.4, 0.5) is 0 Å². The summed E-state index contributed by atoms with van der Waals surface area (Å²) in [5, 5.41) is 3.21. The number of benzene rings is 1. The van der Waals surface area contributed by atoms with E-state index in [1.165, 1.54) is 6.26 Å². The van der Waals surface area contributed by atoms with E-state index in [1.807, 2.05) is 0 Å². The molecule has 0 unspecified atom stereocenters. The van der Waals surface area contributed by atoms with Crippen molar-refractivity contribution in [2.45, 2.75) is 24.8 Å². The smallest absolute Gasteiger partial charge is 0.208 e. The molecule has 0 atom stereocenters. The van der Waals surface area contributed by atoms with E-state index in [9.17, 15) is 8.42 Å². The van der Waals surface area contributed by atoms with Crippen LogP contribution in [0.1, 0.15) is 19.2 Å². The molecule has 0 radical (unpaired) electrons. The predicted octanol–water partition coefficient (Wildman–Crippen LogP) is 2.24. The molecule has 0 amide bonds. The fraction of sp³-hybridized carbons (Fsp3) is 0.357. The third-order valence-electron chi connectivity index (χ3n) is 2.82. The first kappa shape index (κ1) is 14.7. The maximum atomic E-state index is 11.4. The zero-order chi connectivity index (χ0) is 14.6. The first-order valence-corrected chi connectivity index (χ1v) is 8.35. The first-order valence-electron chi connectivity index (χ1n) is 6.46. The van der Waals surface area contributed by atoms with Gasteiger partial charge in [-0.25, -0.2) is 13.4 Å². The van der Waals surface area contributed by atoms with E-state index in [4.69, 9.17) is 4.42 Å². The highest BCUT2D eigenvalue weighted by molar-refractivity contribution is 7.90. The van der Waals surface area contributed by atoms with Gasteiger partial charge in [-0.15, -0.1) is 0 Å². The molecule has 0 aliphatic rings. The Bertz CT molecular complexity index is 660. The highest BCUT2D eigenvalue weighted by atomic mass is 32.2. The Hall–Kier alpha value is -1.66. The Morgan fingerprint density at radius 2 is 1.95 bits per heavy atom. The van der Waals surface area contributed by atoms with Crippen LogP contribution in [-0.4, -0.2) is 26.2 Å². The summed E-state index contributed by atoms with van der Waals surface area (Å²) < 4.78 is 28.4. The van der Waals surface area contributed by atoms with E-state index in [-0.39, 0.29) is 0 Å². The van der Waals surface area contributed by atoms with Gasteiger partial charge in [0.25, 0.3) is 0 Å². The third-order valence-corrected chi connectivity index (χ3v) is 3.95. The number of nitrogens with one attached hydrogen (secondary N) is 1. The van der Waals surface area contributed by atoms with Crippen LogP contribution in [0.15, 0.2) is 39.8 Å².